The molecule has 0 aromatic heterocycles. The van der Waals surface area contributed by atoms with Crippen molar-refractivity contribution in [3.63, 3.8) is 0 Å². The molecule has 1 aliphatic heterocycles. The summed E-state index contributed by atoms with van der Waals surface area (Å²) in [6.07, 6.45) is 5.59. The van der Waals surface area contributed by atoms with Gasteiger partial charge in [0, 0.05) is 11.4 Å². The van der Waals surface area contributed by atoms with Crippen molar-refractivity contribution in [2.75, 3.05) is 18.9 Å². The Morgan fingerprint density at radius 1 is 1.30 bits per heavy atom. The van der Waals surface area contributed by atoms with Crippen LogP contribution in [0.5, 0.6) is 0 Å². The van der Waals surface area contributed by atoms with Gasteiger partial charge in [-0.25, -0.2) is 0 Å². The van der Waals surface area contributed by atoms with Crippen LogP contribution in [0.2, 0.25) is 0 Å². The summed E-state index contributed by atoms with van der Waals surface area (Å²) in [4.78, 5) is 15.3. The number of carbonyl (C=O) groups excluding carboxylic acids is 1. The summed E-state index contributed by atoms with van der Waals surface area (Å²) in [6, 6.07) is 6.63. The fraction of sp³-hybridized carbons (Fsp3) is 0.562. The molecule has 3 rings (SSSR count). The van der Waals surface area contributed by atoms with Gasteiger partial charge in [0.15, 0.2) is 0 Å². The van der Waals surface area contributed by atoms with Crippen LogP contribution in [0.15, 0.2) is 23.1 Å². The van der Waals surface area contributed by atoms with Crippen LogP contribution in [-0.4, -0.2) is 40.9 Å². The van der Waals surface area contributed by atoms with Gasteiger partial charge >= 0.3 is 0 Å². The molecule has 1 aliphatic carbocycles. The predicted octanol–water partition coefficient (Wildman–Crippen LogP) is 2.25. The lowest BCUT2D eigenvalue weighted by molar-refractivity contribution is -0.129. The van der Waals surface area contributed by atoms with E-state index in [9.17, 15) is 9.90 Å². The number of aliphatic hydroxyl groups is 1. The van der Waals surface area contributed by atoms with E-state index in [-0.39, 0.29) is 18.6 Å². The van der Waals surface area contributed by atoms with Gasteiger partial charge < -0.3 is 10.0 Å². The molecule has 1 heterocycles. The van der Waals surface area contributed by atoms with Crippen molar-refractivity contribution >= 4 is 17.7 Å². The Morgan fingerprint density at radius 3 is 3.00 bits per heavy atom. The van der Waals surface area contributed by atoms with Gasteiger partial charge in [0.1, 0.15) is 0 Å². The standard InChI is InChI=1S/C16H21NO2S/c18-10-14-5-2-8-17(14)16(19)11-20-15-7-6-12-3-1-4-13(12)9-15/h6-7,9,14,18H,1-5,8,10-11H2. The smallest absolute Gasteiger partial charge is 0.233 e. The highest BCUT2D eigenvalue weighted by molar-refractivity contribution is 8.00. The molecule has 1 N–H and O–H groups in total. The van der Waals surface area contributed by atoms with Gasteiger partial charge in [-0.3, -0.25) is 4.79 Å². The Balaban J connectivity index is 1.58. The number of carbonyl (C=O) groups is 1. The van der Waals surface area contributed by atoms with Crippen LogP contribution in [0.3, 0.4) is 0 Å². The van der Waals surface area contributed by atoms with E-state index in [2.05, 4.69) is 18.2 Å². The number of thioether (sulfide) groups is 1. The van der Waals surface area contributed by atoms with Crippen LogP contribution in [-0.2, 0) is 17.6 Å². The van der Waals surface area contributed by atoms with Crippen LogP contribution in [0.1, 0.15) is 30.4 Å². The number of likely N-dealkylation sites (tertiary alicyclic amines) is 1. The summed E-state index contributed by atoms with van der Waals surface area (Å²) < 4.78 is 0. The normalized spacial score (nSPS) is 21.2. The first-order valence-electron chi connectivity index (χ1n) is 7.43. The van der Waals surface area contributed by atoms with Crippen LogP contribution in [0, 0.1) is 0 Å². The van der Waals surface area contributed by atoms with E-state index in [0.29, 0.717) is 5.75 Å². The average Bonchev–Trinajstić information content (AvgIpc) is 3.12. The summed E-state index contributed by atoms with van der Waals surface area (Å²) in [5.41, 5.74) is 2.93. The van der Waals surface area contributed by atoms with E-state index in [4.69, 9.17) is 0 Å². The summed E-state index contributed by atoms with van der Waals surface area (Å²) in [5, 5.41) is 9.28. The molecular formula is C16H21NO2S. The number of rotatable bonds is 4. The molecule has 20 heavy (non-hydrogen) atoms. The van der Waals surface area contributed by atoms with Gasteiger partial charge in [-0.1, -0.05) is 6.07 Å². The number of benzene rings is 1. The summed E-state index contributed by atoms with van der Waals surface area (Å²) in [5.74, 6) is 0.641. The van der Waals surface area contributed by atoms with E-state index in [0.717, 1.165) is 19.4 Å². The lowest BCUT2D eigenvalue weighted by atomic mass is 10.1. The Hall–Kier alpha value is -1.00. The third-order valence-electron chi connectivity index (χ3n) is 4.34. The topological polar surface area (TPSA) is 40.5 Å². The van der Waals surface area contributed by atoms with Gasteiger partial charge in [0.2, 0.25) is 5.91 Å². The molecule has 1 aromatic carbocycles. The lowest BCUT2D eigenvalue weighted by Crippen LogP contribution is -2.38. The molecule has 1 fully saturated rings. The van der Waals surface area contributed by atoms with Crippen LogP contribution in [0.25, 0.3) is 0 Å². The number of amides is 1. The minimum absolute atomic E-state index is 0.0446. The largest absolute Gasteiger partial charge is 0.394 e. The van der Waals surface area contributed by atoms with Crippen LogP contribution in [0.4, 0.5) is 0 Å². The first kappa shape index (κ1) is 14.0. The van der Waals surface area contributed by atoms with E-state index in [1.54, 1.807) is 11.8 Å². The molecule has 3 nitrogen and oxygen atoms in total. The third kappa shape index (κ3) is 2.86. The van der Waals surface area contributed by atoms with Gasteiger partial charge in [-0.05, 0) is 55.4 Å². The summed E-state index contributed by atoms with van der Waals surface area (Å²) in [7, 11) is 0. The van der Waals surface area contributed by atoms with Crippen molar-refractivity contribution in [3.05, 3.63) is 29.3 Å². The van der Waals surface area contributed by atoms with Crippen molar-refractivity contribution in [1.82, 2.24) is 4.90 Å². The minimum Gasteiger partial charge on any atom is -0.394 e. The molecule has 1 atom stereocenters. The monoisotopic (exact) mass is 291 g/mol. The Bertz CT molecular complexity index is 503. The molecule has 1 amide bonds. The van der Waals surface area contributed by atoms with Crippen LogP contribution < -0.4 is 0 Å². The van der Waals surface area contributed by atoms with Gasteiger partial charge in [0.05, 0.1) is 18.4 Å². The second-order valence-corrected chi connectivity index (χ2v) is 6.69. The number of aliphatic hydroxyl groups excluding tert-OH is 1. The highest BCUT2D eigenvalue weighted by Gasteiger charge is 2.27. The molecule has 0 saturated carbocycles. The lowest BCUT2D eigenvalue weighted by Gasteiger charge is -2.22. The van der Waals surface area contributed by atoms with E-state index < -0.39 is 0 Å². The van der Waals surface area contributed by atoms with Crippen molar-refractivity contribution in [2.24, 2.45) is 0 Å². The number of hydrogen-bond donors (Lipinski definition) is 1. The number of nitrogens with zero attached hydrogens (tertiary/aromatic N) is 1. The fourth-order valence-corrected chi connectivity index (χ4v) is 4.07. The van der Waals surface area contributed by atoms with Gasteiger partial charge in [-0.15, -0.1) is 11.8 Å². The zero-order chi connectivity index (χ0) is 13.9. The van der Waals surface area contributed by atoms with E-state index >= 15 is 0 Å². The second-order valence-electron chi connectivity index (χ2n) is 5.64. The molecule has 1 aromatic rings. The van der Waals surface area contributed by atoms with Crippen molar-refractivity contribution in [2.45, 2.75) is 43.0 Å². The molecule has 0 spiro atoms. The molecule has 4 heteroatoms. The summed E-state index contributed by atoms with van der Waals surface area (Å²) in [6.45, 7) is 0.893. The zero-order valence-corrected chi connectivity index (χ0v) is 12.5. The number of hydrogen-bond acceptors (Lipinski definition) is 3. The number of aryl methyl sites for hydroxylation is 2. The Morgan fingerprint density at radius 2 is 2.15 bits per heavy atom. The first-order chi connectivity index (χ1) is 9.78. The molecule has 2 aliphatic rings. The quantitative estimate of drug-likeness (QED) is 0.865. The van der Waals surface area contributed by atoms with E-state index in [1.165, 1.54) is 35.3 Å². The van der Waals surface area contributed by atoms with E-state index in [1.807, 2.05) is 4.90 Å². The average molecular weight is 291 g/mol. The molecule has 108 valence electrons. The highest BCUT2D eigenvalue weighted by atomic mass is 32.2. The zero-order valence-electron chi connectivity index (χ0n) is 11.7. The second kappa shape index (κ2) is 6.19. The molecule has 0 bridgehead atoms. The molecule has 0 radical (unpaired) electrons. The Kier molecular flexibility index (Phi) is 4.32. The first-order valence-corrected chi connectivity index (χ1v) is 8.41. The maximum atomic E-state index is 12.2. The van der Waals surface area contributed by atoms with Gasteiger partial charge in [-0.2, -0.15) is 0 Å². The van der Waals surface area contributed by atoms with Crippen molar-refractivity contribution < 1.29 is 9.90 Å². The van der Waals surface area contributed by atoms with Crippen LogP contribution >= 0.6 is 11.8 Å². The van der Waals surface area contributed by atoms with Crippen molar-refractivity contribution in [3.8, 4) is 0 Å². The van der Waals surface area contributed by atoms with Crippen molar-refractivity contribution in [1.29, 1.82) is 0 Å². The molecular weight excluding hydrogens is 270 g/mol. The Labute approximate surface area is 124 Å². The molecule has 1 saturated heterocycles. The maximum Gasteiger partial charge on any atom is 0.233 e. The third-order valence-corrected chi connectivity index (χ3v) is 5.32. The summed E-state index contributed by atoms with van der Waals surface area (Å²) >= 11 is 1.62. The highest BCUT2D eigenvalue weighted by Crippen LogP contribution is 2.28. The minimum atomic E-state index is 0.0446. The molecule has 1 unspecified atom stereocenters. The fourth-order valence-electron chi connectivity index (χ4n) is 3.22. The maximum absolute atomic E-state index is 12.2. The number of fused-ring (bicyclic) bond motifs is 1. The SMILES string of the molecule is O=C(CSc1ccc2c(c1)CCC2)N1CCCC1CO. The predicted molar refractivity (Wildman–Crippen MR) is 81.0 cm³/mol. The van der Waals surface area contributed by atoms with Gasteiger partial charge in [0.25, 0.3) is 0 Å².